The summed E-state index contributed by atoms with van der Waals surface area (Å²) in [5, 5.41) is 0. The van der Waals surface area contributed by atoms with Gasteiger partial charge in [-0.05, 0) is 19.3 Å². The third-order valence-corrected chi connectivity index (χ3v) is 9.33. The van der Waals surface area contributed by atoms with Crippen LogP contribution in [0.15, 0.2) is 24.3 Å². The predicted molar refractivity (Wildman–Crippen MR) is 201 cm³/mol. The maximum atomic E-state index is 12.5. The van der Waals surface area contributed by atoms with Gasteiger partial charge in [0.1, 0.15) is 19.8 Å². The molecule has 0 fully saturated rings. The zero-order chi connectivity index (χ0) is 36.5. The minimum absolute atomic E-state index is 0.0177. The fourth-order valence-electron chi connectivity index (χ4n) is 5.21. The van der Waals surface area contributed by atoms with Crippen LogP contribution < -0.4 is 0 Å². The van der Waals surface area contributed by atoms with E-state index in [2.05, 4.69) is 13.8 Å². The molecular weight excluding hydrogens is 641 g/mol. The molecular formula is C39H75NO8P+. The van der Waals surface area contributed by atoms with Crippen LogP contribution in [0.2, 0.25) is 0 Å². The zero-order valence-corrected chi connectivity index (χ0v) is 33.1. The summed E-state index contributed by atoms with van der Waals surface area (Å²) >= 11 is 0. The number of esters is 2. The molecule has 0 aliphatic rings. The smallest absolute Gasteiger partial charge is 0.462 e. The first-order valence-electron chi connectivity index (χ1n) is 19.6. The van der Waals surface area contributed by atoms with E-state index in [1.54, 1.807) is 6.08 Å². The van der Waals surface area contributed by atoms with Crippen LogP contribution in [0, 0.1) is 0 Å². The molecule has 0 aromatic heterocycles. The van der Waals surface area contributed by atoms with Crippen LogP contribution in [-0.4, -0.2) is 74.9 Å². The lowest BCUT2D eigenvalue weighted by Gasteiger charge is -2.24. The number of nitrogens with zero attached hydrogens (tertiary/aromatic N) is 1. The molecule has 0 saturated heterocycles. The third kappa shape index (κ3) is 36.1. The maximum Gasteiger partial charge on any atom is 0.472 e. The molecule has 2 atom stereocenters. The summed E-state index contributed by atoms with van der Waals surface area (Å²) in [5.41, 5.74) is 0. The van der Waals surface area contributed by atoms with E-state index in [4.69, 9.17) is 18.5 Å². The van der Waals surface area contributed by atoms with Crippen molar-refractivity contribution in [2.45, 2.75) is 168 Å². The summed E-state index contributed by atoms with van der Waals surface area (Å²) in [5.74, 6) is -1.05. The largest absolute Gasteiger partial charge is 0.472 e. The molecule has 10 heteroatoms. The maximum absolute atomic E-state index is 12.5. The highest BCUT2D eigenvalue weighted by molar-refractivity contribution is 7.47. The number of phosphoric acid groups is 1. The van der Waals surface area contributed by atoms with Gasteiger partial charge in [-0.25, -0.2) is 9.36 Å². The molecule has 0 amide bonds. The number of allylic oxidation sites excluding steroid dienone is 3. The van der Waals surface area contributed by atoms with Gasteiger partial charge in [0.15, 0.2) is 6.10 Å². The predicted octanol–water partition coefficient (Wildman–Crippen LogP) is 10.4. The fourth-order valence-corrected chi connectivity index (χ4v) is 5.96. The number of carbonyl (C=O) groups is 2. The molecule has 0 radical (unpaired) electrons. The molecule has 0 saturated carbocycles. The molecule has 1 unspecified atom stereocenters. The van der Waals surface area contributed by atoms with E-state index >= 15 is 0 Å². The van der Waals surface area contributed by atoms with Crippen molar-refractivity contribution in [1.29, 1.82) is 0 Å². The molecule has 0 aromatic carbocycles. The number of phosphoric ester groups is 1. The molecule has 9 nitrogen and oxygen atoms in total. The number of carbonyl (C=O) groups excluding carboxylic acids is 2. The Balaban J connectivity index is 4.53. The second-order valence-electron chi connectivity index (χ2n) is 14.4. The van der Waals surface area contributed by atoms with Crippen molar-refractivity contribution in [2.75, 3.05) is 47.5 Å². The fraction of sp³-hybridized carbons (Fsp3) is 0.846. The molecule has 1 N–H and O–H groups in total. The molecule has 0 spiro atoms. The van der Waals surface area contributed by atoms with Gasteiger partial charge in [-0.1, -0.05) is 154 Å². The lowest BCUT2D eigenvalue weighted by Crippen LogP contribution is -2.37. The van der Waals surface area contributed by atoms with Crippen LogP contribution in [0.4, 0.5) is 0 Å². The minimum atomic E-state index is -4.39. The molecule has 0 rings (SSSR count). The van der Waals surface area contributed by atoms with E-state index < -0.39 is 32.5 Å². The summed E-state index contributed by atoms with van der Waals surface area (Å²) in [7, 11) is 1.43. The van der Waals surface area contributed by atoms with E-state index in [1.165, 1.54) is 115 Å². The van der Waals surface area contributed by atoms with Crippen LogP contribution in [-0.2, 0) is 32.7 Å². The number of hydrogen-bond acceptors (Lipinski definition) is 7. The molecule has 0 heterocycles. The Bertz CT molecular complexity index is 902. The summed E-state index contributed by atoms with van der Waals surface area (Å²) in [4.78, 5) is 35.0. The monoisotopic (exact) mass is 717 g/mol. The summed E-state index contributed by atoms with van der Waals surface area (Å²) < 4.78 is 33.9. The number of likely N-dealkylation sites (N-methyl/N-ethyl adjacent to an activating group) is 1. The van der Waals surface area contributed by atoms with Crippen molar-refractivity contribution in [2.24, 2.45) is 0 Å². The van der Waals surface area contributed by atoms with Gasteiger partial charge >= 0.3 is 19.8 Å². The van der Waals surface area contributed by atoms with Crippen LogP contribution in [0.25, 0.3) is 0 Å². The SMILES string of the molecule is CCCCCCCCCCCCC/C=C/C=C/C(=O)O[C@H](COC(=O)CCCCCCCCCCCC)COP(=O)(O)OCC[N+](C)(C)C. The molecule has 0 aliphatic carbocycles. The summed E-state index contributed by atoms with van der Waals surface area (Å²) in [6, 6.07) is 0. The van der Waals surface area contributed by atoms with E-state index in [9.17, 15) is 19.0 Å². The van der Waals surface area contributed by atoms with E-state index in [0.717, 1.165) is 32.1 Å². The van der Waals surface area contributed by atoms with Crippen molar-refractivity contribution >= 4 is 19.8 Å². The van der Waals surface area contributed by atoms with Crippen molar-refractivity contribution < 1.29 is 42.1 Å². The first kappa shape index (κ1) is 47.5. The van der Waals surface area contributed by atoms with Crippen LogP contribution >= 0.6 is 7.82 Å². The van der Waals surface area contributed by atoms with Gasteiger partial charge in [-0.2, -0.15) is 0 Å². The number of unbranched alkanes of at least 4 members (excludes halogenated alkanes) is 20. The van der Waals surface area contributed by atoms with Crippen molar-refractivity contribution in [1.82, 2.24) is 0 Å². The van der Waals surface area contributed by atoms with E-state index in [-0.39, 0.29) is 19.6 Å². The number of hydrogen-bond donors (Lipinski definition) is 1. The Morgan fingerprint density at radius 2 is 1.16 bits per heavy atom. The Morgan fingerprint density at radius 1 is 0.673 bits per heavy atom. The van der Waals surface area contributed by atoms with Crippen molar-refractivity contribution in [3.63, 3.8) is 0 Å². The minimum Gasteiger partial charge on any atom is -0.462 e. The van der Waals surface area contributed by atoms with Gasteiger partial charge in [-0.15, -0.1) is 0 Å². The van der Waals surface area contributed by atoms with E-state index in [0.29, 0.717) is 11.0 Å². The lowest BCUT2D eigenvalue weighted by atomic mass is 10.1. The summed E-state index contributed by atoms with van der Waals surface area (Å²) in [6.07, 6.45) is 32.9. The Kier molecular flexibility index (Phi) is 31.4. The number of quaternary nitrogens is 1. The standard InChI is InChI=1S/C39H74NO8P/c1-6-8-10-12-14-16-18-19-20-21-22-24-26-28-30-32-39(42)48-37(36-47-49(43,44)46-34-33-40(3,4)5)35-45-38(41)31-29-27-25-23-17-15-13-11-9-7-2/h26,28,30,32,37H,6-25,27,29,31,33-36H2,1-5H3/p+1/b28-26+,32-30+/t37-/m1/s1. The highest BCUT2D eigenvalue weighted by Gasteiger charge is 2.26. The number of rotatable bonds is 35. The molecule has 0 aromatic rings. The Labute approximate surface area is 300 Å². The van der Waals surface area contributed by atoms with Gasteiger partial charge in [-0.3, -0.25) is 13.8 Å². The van der Waals surface area contributed by atoms with Gasteiger partial charge < -0.3 is 18.9 Å². The van der Waals surface area contributed by atoms with Gasteiger partial charge in [0, 0.05) is 12.5 Å². The third-order valence-electron chi connectivity index (χ3n) is 8.34. The van der Waals surface area contributed by atoms with Crippen LogP contribution in [0.1, 0.15) is 162 Å². The van der Waals surface area contributed by atoms with Gasteiger partial charge in [0.25, 0.3) is 0 Å². The molecule has 0 aliphatic heterocycles. The highest BCUT2D eigenvalue weighted by atomic mass is 31.2. The Morgan fingerprint density at radius 3 is 1.67 bits per heavy atom. The topological polar surface area (TPSA) is 108 Å². The quantitative estimate of drug-likeness (QED) is 0.0172. The second kappa shape index (κ2) is 32.4. The first-order chi connectivity index (χ1) is 23.5. The van der Waals surface area contributed by atoms with Gasteiger partial charge in [0.05, 0.1) is 27.7 Å². The molecule has 49 heavy (non-hydrogen) atoms. The summed E-state index contributed by atoms with van der Waals surface area (Å²) in [6.45, 7) is 4.27. The molecule has 288 valence electrons. The average molecular weight is 717 g/mol. The van der Waals surface area contributed by atoms with Crippen LogP contribution in [0.3, 0.4) is 0 Å². The lowest BCUT2D eigenvalue weighted by molar-refractivity contribution is -0.870. The van der Waals surface area contributed by atoms with Crippen molar-refractivity contribution in [3.05, 3.63) is 24.3 Å². The first-order valence-corrected chi connectivity index (χ1v) is 21.1. The zero-order valence-electron chi connectivity index (χ0n) is 32.2. The average Bonchev–Trinajstić information content (AvgIpc) is 3.04. The normalized spacial score (nSPS) is 14.0. The highest BCUT2D eigenvalue weighted by Crippen LogP contribution is 2.43. The van der Waals surface area contributed by atoms with E-state index in [1.807, 2.05) is 33.3 Å². The Hall–Kier alpha value is -1.51. The number of ether oxygens (including phenoxy) is 2. The van der Waals surface area contributed by atoms with Crippen LogP contribution in [0.5, 0.6) is 0 Å². The van der Waals surface area contributed by atoms with Gasteiger partial charge in [0.2, 0.25) is 0 Å². The van der Waals surface area contributed by atoms with Crippen molar-refractivity contribution in [3.8, 4) is 0 Å². The second-order valence-corrected chi connectivity index (χ2v) is 15.9. The molecule has 0 bridgehead atoms.